The molecule has 0 spiro atoms. The fraction of sp³-hybridized carbons (Fsp3) is 0.333. The lowest BCUT2D eigenvalue weighted by molar-refractivity contribution is -0.0543. The van der Waals surface area contributed by atoms with Crippen molar-refractivity contribution in [2.75, 3.05) is 6.61 Å². The van der Waals surface area contributed by atoms with Gasteiger partial charge in [-0.25, -0.2) is 10.2 Å². The van der Waals surface area contributed by atoms with Gasteiger partial charge in [-0.05, 0) is 19.1 Å². The van der Waals surface area contributed by atoms with Gasteiger partial charge in [0.15, 0.2) is 0 Å². The SMILES string of the molecule is CCOC(=O)NN=Cc1ccc(OC(F)F)cc1OC(F)F. The highest BCUT2D eigenvalue weighted by atomic mass is 19.3. The average molecular weight is 324 g/mol. The molecule has 0 saturated carbocycles. The Kier molecular flexibility index (Phi) is 6.93. The van der Waals surface area contributed by atoms with Gasteiger partial charge in [0, 0.05) is 11.6 Å². The Balaban J connectivity index is 2.87. The molecule has 1 rings (SSSR count). The summed E-state index contributed by atoms with van der Waals surface area (Å²) < 4.78 is 61.5. The first kappa shape index (κ1) is 17.5. The Labute approximate surface area is 122 Å². The van der Waals surface area contributed by atoms with E-state index in [0.717, 1.165) is 24.4 Å². The van der Waals surface area contributed by atoms with Crippen molar-refractivity contribution >= 4 is 12.3 Å². The van der Waals surface area contributed by atoms with Crippen LogP contribution in [0.25, 0.3) is 0 Å². The number of nitrogens with zero attached hydrogens (tertiary/aromatic N) is 1. The number of ether oxygens (including phenoxy) is 3. The molecule has 1 aromatic rings. The fourth-order valence-corrected chi connectivity index (χ4v) is 1.31. The van der Waals surface area contributed by atoms with E-state index >= 15 is 0 Å². The number of carbonyl (C=O) groups is 1. The van der Waals surface area contributed by atoms with Crippen molar-refractivity contribution in [3.8, 4) is 11.5 Å². The van der Waals surface area contributed by atoms with Gasteiger partial charge < -0.3 is 14.2 Å². The average Bonchev–Trinajstić information content (AvgIpc) is 2.40. The molecule has 0 aliphatic carbocycles. The van der Waals surface area contributed by atoms with Crippen molar-refractivity contribution in [1.29, 1.82) is 0 Å². The normalized spacial score (nSPS) is 11.0. The van der Waals surface area contributed by atoms with Gasteiger partial charge in [-0.2, -0.15) is 22.7 Å². The summed E-state index contributed by atoms with van der Waals surface area (Å²) in [5.74, 6) is -0.802. The monoisotopic (exact) mass is 324 g/mol. The van der Waals surface area contributed by atoms with Crippen LogP contribution in [0.5, 0.6) is 11.5 Å². The third kappa shape index (κ3) is 6.29. The number of carbonyl (C=O) groups excluding carboxylic acids is 1. The summed E-state index contributed by atoms with van der Waals surface area (Å²) in [7, 11) is 0. The maximum Gasteiger partial charge on any atom is 0.427 e. The highest BCUT2D eigenvalue weighted by Crippen LogP contribution is 2.26. The topological polar surface area (TPSA) is 69.2 Å². The van der Waals surface area contributed by atoms with E-state index < -0.39 is 25.1 Å². The molecular formula is C12H12F4N2O4. The van der Waals surface area contributed by atoms with E-state index in [1.54, 1.807) is 6.92 Å². The lowest BCUT2D eigenvalue weighted by Gasteiger charge is -2.10. The highest BCUT2D eigenvalue weighted by molar-refractivity contribution is 5.84. The first-order chi connectivity index (χ1) is 10.4. The number of rotatable bonds is 7. The predicted octanol–water partition coefficient (Wildman–Crippen LogP) is 2.97. The summed E-state index contributed by atoms with van der Waals surface area (Å²) in [6.45, 7) is -4.57. The van der Waals surface area contributed by atoms with Crippen LogP contribution in [0.3, 0.4) is 0 Å². The van der Waals surface area contributed by atoms with E-state index in [2.05, 4.69) is 19.3 Å². The van der Waals surface area contributed by atoms with Crippen molar-refractivity contribution in [3.05, 3.63) is 23.8 Å². The van der Waals surface area contributed by atoms with Crippen LogP contribution in [0.15, 0.2) is 23.3 Å². The first-order valence-corrected chi connectivity index (χ1v) is 5.92. The number of hydrogen-bond acceptors (Lipinski definition) is 5. The smallest absolute Gasteiger partial charge is 0.427 e. The van der Waals surface area contributed by atoms with Gasteiger partial charge >= 0.3 is 19.3 Å². The Morgan fingerprint density at radius 1 is 1.27 bits per heavy atom. The zero-order valence-corrected chi connectivity index (χ0v) is 11.3. The fourth-order valence-electron chi connectivity index (χ4n) is 1.31. The van der Waals surface area contributed by atoms with Crippen LogP contribution in [0.2, 0.25) is 0 Å². The number of halogens is 4. The molecule has 122 valence electrons. The van der Waals surface area contributed by atoms with E-state index in [9.17, 15) is 22.4 Å². The predicted molar refractivity (Wildman–Crippen MR) is 67.5 cm³/mol. The summed E-state index contributed by atoms with van der Waals surface area (Å²) in [5.41, 5.74) is 1.99. The largest absolute Gasteiger partial charge is 0.449 e. The number of benzene rings is 1. The summed E-state index contributed by atoms with van der Waals surface area (Å²) in [6.07, 6.45) is 0.147. The first-order valence-electron chi connectivity index (χ1n) is 5.92. The van der Waals surface area contributed by atoms with Crippen molar-refractivity contribution in [3.63, 3.8) is 0 Å². The van der Waals surface area contributed by atoms with Gasteiger partial charge in [0.05, 0.1) is 12.8 Å². The molecule has 0 saturated heterocycles. The van der Waals surface area contributed by atoms with E-state index in [1.165, 1.54) is 0 Å². The summed E-state index contributed by atoms with van der Waals surface area (Å²) in [4.78, 5) is 11.0. The van der Waals surface area contributed by atoms with Gasteiger partial charge in [0.1, 0.15) is 11.5 Å². The lowest BCUT2D eigenvalue weighted by Crippen LogP contribution is -2.18. The summed E-state index contributed by atoms with van der Waals surface area (Å²) in [6, 6.07) is 3.12. The summed E-state index contributed by atoms with van der Waals surface area (Å²) >= 11 is 0. The van der Waals surface area contributed by atoms with Crippen molar-refractivity contribution in [2.24, 2.45) is 5.10 Å². The molecule has 0 aliphatic rings. The Hall–Kier alpha value is -2.52. The Morgan fingerprint density at radius 2 is 1.95 bits per heavy atom. The zero-order chi connectivity index (χ0) is 16.5. The number of alkyl halides is 4. The van der Waals surface area contributed by atoms with Crippen LogP contribution in [0, 0.1) is 0 Å². The molecule has 10 heteroatoms. The number of hydrazone groups is 1. The minimum Gasteiger partial charge on any atom is -0.449 e. The zero-order valence-electron chi connectivity index (χ0n) is 11.3. The van der Waals surface area contributed by atoms with E-state index in [-0.39, 0.29) is 17.9 Å². The minimum atomic E-state index is -3.17. The number of hydrogen-bond donors (Lipinski definition) is 1. The van der Waals surface area contributed by atoms with E-state index in [0.29, 0.717) is 0 Å². The molecule has 0 fully saturated rings. The van der Waals surface area contributed by atoms with Gasteiger partial charge in [-0.3, -0.25) is 0 Å². The molecule has 6 nitrogen and oxygen atoms in total. The molecule has 0 aromatic heterocycles. The van der Waals surface area contributed by atoms with Crippen molar-refractivity contribution in [1.82, 2.24) is 5.43 Å². The second-order valence-corrected chi connectivity index (χ2v) is 3.55. The van der Waals surface area contributed by atoms with Gasteiger partial charge in [0.2, 0.25) is 0 Å². The number of amides is 1. The molecule has 0 atom stereocenters. The van der Waals surface area contributed by atoms with Crippen molar-refractivity contribution < 1.29 is 36.6 Å². The van der Waals surface area contributed by atoms with Crippen LogP contribution in [-0.2, 0) is 4.74 Å². The Morgan fingerprint density at radius 3 is 2.55 bits per heavy atom. The maximum absolute atomic E-state index is 12.3. The molecule has 0 heterocycles. The van der Waals surface area contributed by atoms with E-state index in [1.807, 2.05) is 5.43 Å². The van der Waals surface area contributed by atoms with Crippen LogP contribution in [-0.4, -0.2) is 32.1 Å². The van der Waals surface area contributed by atoms with Crippen LogP contribution < -0.4 is 14.9 Å². The highest BCUT2D eigenvalue weighted by Gasteiger charge is 2.12. The van der Waals surface area contributed by atoms with Crippen molar-refractivity contribution in [2.45, 2.75) is 20.1 Å². The second-order valence-electron chi connectivity index (χ2n) is 3.55. The molecule has 0 bridgehead atoms. The molecule has 0 aliphatic heterocycles. The minimum absolute atomic E-state index is 0.0127. The standard InChI is InChI=1S/C12H12F4N2O4/c1-2-20-12(19)18-17-6-7-3-4-8(21-10(13)14)5-9(7)22-11(15)16/h3-6,10-11H,2H2,1H3,(H,18,19). The van der Waals surface area contributed by atoms with Crippen LogP contribution in [0.1, 0.15) is 12.5 Å². The van der Waals surface area contributed by atoms with Crippen LogP contribution in [0.4, 0.5) is 22.4 Å². The molecule has 22 heavy (non-hydrogen) atoms. The van der Waals surface area contributed by atoms with Gasteiger partial charge in [-0.15, -0.1) is 0 Å². The third-order valence-corrected chi connectivity index (χ3v) is 2.06. The van der Waals surface area contributed by atoms with Crippen LogP contribution >= 0.6 is 0 Å². The second kappa shape index (κ2) is 8.70. The molecule has 1 amide bonds. The molecule has 0 unspecified atom stereocenters. The number of nitrogens with one attached hydrogen (secondary N) is 1. The third-order valence-electron chi connectivity index (χ3n) is 2.06. The molecule has 1 N–H and O–H groups in total. The molecule has 0 radical (unpaired) electrons. The van der Waals surface area contributed by atoms with E-state index in [4.69, 9.17) is 0 Å². The quantitative estimate of drug-likeness (QED) is 0.476. The molecule has 1 aromatic carbocycles. The van der Waals surface area contributed by atoms with Gasteiger partial charge in [-0.1, -0.05) is 0 Å². The molecular weight excluding hydrogens is 312 g/mol. The summed E-state index contributed by atoms with van der Waals surface area (Å²) in [5, 5.41) is 3.46. The lowest BCUT2D eigenvalue weighted by atomic mass is 10.2. The van der Waals surface area contributed by atoms with Gasteiger partial charge in [0.25, 0.3) is 0 Å². The maximum atomic E-state index is 12.3. The Bertz CT molecular complexity index is 526.